The molecule has 15 heavy (non-hydrogen) atoms. The Bertz CT molecular complexity index is 440. The molecule has 0 saturated carbocycles. The topological polar surface area (TPSA) is 72.2 Å². The van der Waals surface area contributed by atoms with Crippen LogP contribution in [0, 0.1) is 0 Å². The number of ketones is 1. The zero-order valence-corrected chi connectivity index (χ0v) is 8.41. The van der Waals surface area contributed by atoms with Crippen molar-refractivity contribution in [3.63, 3.8) is 0 Å². The molecule has 0 aliphatic heterocycles. The van der Waals surface area contributed by atoms with Gasteiger partial charge < -0.3 is 11.1 Å². The van der Waals surface area contributed by atoms with E-state index in [0.717, 1.165) is 5.56 Å². The van der Waals surface area contributed by atoms with Gasteiger partial charge in [0, 0.05) is 17.7 Å². The summed E-state index contributed by atoms with van der Waals surface area (Å²) in [5, 5.41) is 2.46. The Balaban J connectivity index is 2.38. The number of nitrogens with one attached hydrogen (secondary N) is 1. The molecular formula is C11H12N2O2. The van der Waals surface area contributed by atoms with Crippen LogP contribution in [0.1, 0.15) is 35.2 Å². The lowest BCUT2D eigenvalue weighted by Crippen LogP contribution is -2.19. The molecule has 0 bridgehead atoms. The molecule has 0 saturated heterocycles. The maximum Gasteiger partial charge on any atom is 0.316 e. The molecular weight excluding hydrogens is 192 g/mol. The zero-order valence-electron chi connectivity index (χ0n) is 8.41. The van der Waals surface area contributed by atoms with E-state index in [2.05, 4.69) is 5.32 Å². The van der Waals surface area contributed by atoms with Crippen LogP contribution in [0.2, 0.25) is 0 Å². The van der Waals surface area contributed by atoms with Gasteiger partial charge in [0.15, 0.2) is 5.78 Å². The Morgan fingerprint density at radius 2 is 2.27 bits per heavy atom. The van der Waals surface area contributed by atoms with Gasteiger partial charge in [0.2, 0.25) is 0 Å². The summed E-state index contributed by atoms with van der Waals surface area (Å²) in [6.45, 7) is 2.02. The van der Waals surface area contributed by atoms with Crippen LogP contribution in [0.25, 0.3) is 0 Å². The molecule has 1 unspecified atom stereocenters. The van der Waals surface area contributed by atoms with E-state index in [-0.39, 0.29) is 11.7 Å². The number of fused-ring (bicyclic) bond motifs is 1. The molecule has 78 valence electrons. The number of amides is 2. The molecule has 0 aromatic heterocycles. The Kier molecular flexibility index (Phi) is 2.19. The van der Waals surface area contributed by atoms with Crippen molar-refractivity contribution in [1.82, 2.24) is 0 Å². The fourth-order valence-electron chi connectivity index (χ4n) is 1.95. The van der Waals surface area contributed by atoms with Crippen molar-refractivity contribution in [2.45, 2.75) is 19.3 Å². The van der Waals surface area contributed by atoms with Crippen LogP contribution in [-0.4, -0.2) is 11.8 Å². The van der Waals surface area contributed by atoms with Crippen molar-refractivity contribution in [3.8, 4) is 0 Å². The monoisotopic (exact) mass is 204 g/mol. The van der Waals surface area contributed by atoms with Crippen LogP contribution in [0.4, 0.5) is 10.5 Å². The van der Waals surface area contributed by atoms with Crippen LogP contribution in [0.3, 0.4) is 0 Å². The maximum absolute atomic E-state index is 11.6. The van der Waals surface area contributed by atoms with Gasteiger partial charge in [-0.25, -0.2) is 4.79 Å². The number of carbonyl (C=O) groups excluding carboxylic acids is 2. The van der Waals surface area contributed by atoms with Gasteiger partial charge in [-0.15, -0.1) is 0 Å². The largest absolute Gasteiger partial charge is 0.351 e. The molecule has 1 aliphatic rings. The van der Waals surface area contributed by atoms with Crippen LogP contribution >= 0.6 is 0 Å². The fourth-order valence-corrected chi connectivity index (χ4v) is 1.95. The first kappa shape index (κ1) is 9.71. The highest BCUT2D eigenvalue weighted by Crippen LogP contribution is 2.33. The number of anilines is 1. The quantitative estimate of drug-likeness (QED) is 0.732. The van der Waals surface area contributed by atoms with Crippen LogP contribution in [0.5, 0.6) is 0 Å². The van der Waals surface area contributed by atoms with E-state index in [4.69, 9.17) is 5.73 Å². The number of urea groups is 1. The summed E-state index contributed by atoms with van der Waals surface area (Å²) in [4.78, 5) is 22.2. The average molecular weight is 204 g/mol. The highest BCUT2D eigenvalue weighted by molar-refractivity contribution is 6.02. The SMILES string of the molecule is CC1CC(=O)c2cc(NC(N)=O)ccc21. The minimum absolute atomic E-state index is 0.130. The summed E-state index contributed by atoms with van der Waals surface area (Å²) >= 11 is 0. The van der Waals surface area contributed by atoms with Gasteiger partial charge in [0.05, 0.1) is 0 Å². The smallest absolute Gasteiger partial charge is 0.316 e. The summed E-state index contributed by atoms with van der Waals surface area (Å²) in [6.07, 6.45) is 0.551. The van der Waals surface area contributed by atoms with Crippen molar-refractivity contribution in [1.29, 1.82) is 0 Å². The normalized spacial score (nSPS) is 18.7. The first-order valence-electron chi connectivity index (χ1n) is 4.81. The molecule has 4 nitrogen and oxygen atoms in total. The molecule has 2 rings (SSSR count). The molecule has 4 heteroatoms. The van der Waals surface area contributed by atoms with Gasteiger partial charge in [-0.1, -0.05) is 13.0 Å². The van der Waals surface area contributed by atoms with Gasteiger partial charge >= 0.3 is 6.03 Å². The maximum atomic E-state index is 11.6. The van der Waals surface area contributed by atoms with Crippen LogP contribution in [-0.2, 0) is 0 Å². The molecule has 0 fully saturated rings. The lowest BCUT2D eigenvalue weighted by Gasteiger charge is -2.05. The molecule has 1 atom stereocenters. The van der Waals surface area contributed by atoms with Gasteiger partial charge in [-0.2, -0.15) is 0 Å². The molecule has 0 spiro atoms. The number of hydrogen-bond donors (Lipinski definition) is 2. The van der Waals surface area contributed by atoms with Crippen molar-refractivity contribution < 1.29 is 9.59 Å². The summed E-state index contributed by atoms with van der Waals surface area (Å²) in [6, 6.07) is 4.70. The zero-order chi connectivity index (χ0) is 11.0. The average Bonchev–Trinajstić information content (AvgIpc) is 2.41. The highest BCUT2D eigenvalue weighted by Gasteiger charge is 2.25. The summed E-state index contributed by atoms with van der Waals surface area (Å²) in [5.74, 6) is 0.403. The third-order valence-electron chi connectivity index (χ3n) is 2.64. The molecule has 1 aromatic carbocycles. The number of nitrogens with two attached hydrogens (primary N) is 1. The van der Waals surface area contributed by atoms with E-state index in [0.29, 0.717) is 17.7 Å². The van der Waals surface area contributed by atoms with Gasteiger partial charge in [-0.05, 0) is 23.6 Å². The number of primary amides is 1. The number of Topliss-reactive ketones (excluding diaryl/α,β-unsaturated/α-hetero) is 1. The van der Waals surface area contributed by atoms with Gasteiger partial charge in [0.1, 0.15) is 0 Å². The van der Waals surface area contributed by atoms with E-state index in [9.17, 15) is 9.59 Å². The second-order valence-electron chi connectivity index (χ2n) is 3.82. The van der Waals surface area contributed by atoms with E-state index in [1.54, 1.807) is 12.1 Å². The molecule has 0 heterocycles. The molecule has 1 aromatic rings. The molecule has 3 N–H and O–H groups in total. The third kappa shape index (κ3) is 1.70. The Hall–Kier alpha value is -1.84. The lowest BCUT2D eigenvalue weighted by molar-refractivity contribution is 0.0990. The van der Waals surface area contributed by atoms with Crippen molar-refractivity contribution in [3.05, 3.63) is 29.3 Å². The van der Waals surface area contributed by atoms with E-state index in [1.807, 2.05) is 13.0 Å². The first-order valence-corrected chi connectivity index (χ1v) is 4.81. The van der Waals surface area contributed by atoms with Crippen molar-refractivity contribution in [2.75, 3.05) is 5.32 Å². The second kappa shape index (κ2) is 3.38. The second-order valence-corrected chi connectivity index (χ2v) is 3.82. The summed E-state index contributed by atoms with van der Waals surface area (Å²) in [5.41, 5.74) is 7.32. The Labute approximate surface area is 87.5 Å². The summed E-state index contributed by atoms with van der Waals surface area (Å²) in [7, 11) is 0. The van der Waals surface area contributed by atoms with E-state index < -0.39 is 6.03 Å². The number of carbonyl (C=O) groups is 2. The third-order valence-corrected chi connectivity index (χ3v) is 2.64. The van der Waals surface area contributed by atoms with Gasteiger partial charge in [0.25, 0.3) is 0 Å². The van der Waals surface area contributed by atoms with E-state index >= 15 is 0 Å². The van der Waals surface area contributed by atoms with Gasteiger partial charge in [-0.3, -0.25) is 4.79 Å². The lowest BCUT2D eigenvalue weighted by atomic mass is 10.0. The minimum Gasteiger partial charge on any atom is -0.351 e. The predicted molar refractivity (Wildman–Crippen MR) is 57.0 cm³/mol. The Morgan fingerprint density at radius 1 is 1.53 bits per heavy atom. The minimum atomic E-state index is -0.617. The molecule has 1 aliphatic carbocycles. The molecule has 0 radical (unpaired) electrons. The first-order chi connectivity index (χ1) is 7.08. The predicted octanol–water partition coefficient (Wildman–Crippen LogP) is 1.87. The molecule has 2 amide bonds. The van der Waals surface area contributed by atoms with E-state index in [1.165, 1.54) is 0 Å². The van der Waals surface area contributed by atoms with Crippen molar-refractivity contribution in [2.24, 2.45) is 5.73 Å². The fraction of sp³-hybridized carbons (Fsp3) is 0.273. The summed E-state index contributed by atoms with van der Waals surface area (Å²) < 4.78 is 0. The van der Waals surface area contributed by atoms with Crippen molar-refractivity contribution >= 4 is 17.5 Å². The highest BCUT2D eigenvalue weighted by atomic mass is 16.2. The number of benzene rings is 1. The standard InChI is InChI=1S/C11H12N2O2/c1-6-4-10(14)9-5-7(13-11(12)15)2-3-8(6)9/h2-3,5-6H,4H2,1H3,(H3,12,13,15). The van der Waals surface area contributed by atoms with Crippen LogP contribution in [0.15, 0.2) is 18.2 Å². The number of rotatable bonds is 1. The van der Waals surface area contributed by atoms with Crippen LogP contribution < -0.4 is 11.1 Å². The Morgan fingerprint density at radius 3 is 2.93 bits per heavy atom. The number of hydrogen-bond acceptors (Lipinski definition) is 2.